The van der Waals surface area contributed by atoms with Gasteiger partial charge >= 0.3 is 0 Å². The second kappa shape index (κ2) is 6.35. The molecule has 0 spiro atoms. The zero-order chi connectivity index (χ0) is 14.5. The predicted octanol–water partition coefficient (Wildman–Crippen LogP) is 1.37. The number of carbonyl (C=O) groups is 1. The quantitative estimate of drug-likeness (QED) is 0.853. The molecule has 0 radical (unpaired) electrons. The molecule has 2 aromatic rings. The monoisotopic (exact) mass is 282 g/mol. The summed E-state index contributed by atoms with van der Waals surface area (Å²) in [6.45, 7) is 3.15. The lowest BCUT2D eigenvalue weighted by atomic mass is 10.2. The van der Waals surface area contributed by atoms with Crippen molar-refractivity contribution < 1.29 is 4.79 Å². The molecule has 2 aromatic heterocycles. The normalized spacial score (nSPS) is 15.0. The van der Waals surface area contributed by atoms with Crippen molar-refractivity contribution in [3.63, 3.8) is 0 Å². The van der Waals surface area contributed by atoms with Gasteiger partial charge in [0.25, 0.3) is 0 Å². The molecule has 21 heavy (non-hydrogen) atoms. The second-order valence-corrected chi connectivity index (χ2v) is 5.09. The average molecular weight is 282 g/mol. The van der Waals surface area contributed by atoms with Crippen molar-refractivity contribution in [3.8, 4) is 0 Å². The summed E-state index contributed by atoms with van der Waals surface area (Å²) in [7, 11) is 0. The van der Waals surface area contributed by atoms with Crippen molar-refractivity contribution in [1.29, 1.82) is 0 Å². The number of pyridine rings is 2. The van der Waals surface area contributed by atoms with Gasteiger partial charge in [0.2, 0.25) is 5.91 Å². The zero-order valence-corrected chi connectivity index (χ0v) is 11.9. The number of carbonyl (C=O) groups excluding carboxylic acids is 1. The number of hydrogen-bond donors (Lipinski definition) is 0. The summed E-state index contributed by atoms with van der Waals surface area (Å²) in [5.41, 5.74) is 0.967. The molecular weight excluding hydrogens is 264 g/mol. The smallest absolute Gasteiger partial charge is 0.227 e. The lowest BCUT2D eigenvalue weighted by Gasteiger charge is -2.35. The highest BCUT2D eigenvalue weighted by Gasteiger charge is 2.21. The van der Waals surface area contributed by atoms with Gasteiger partial charge in [0, 0.05) is 44.8 Å². The highest BCUT2D eigenvalue weighted by molar-refractivity contribution is 5.79. The van der Waals surface area contributed by atoms with Gasteiger partial charge in [-0.25, -0.2) is 4.98 Å². The van der Waals surface area contributed by atoms with Gasteiger partial charge in [-0.15, -0.1) is 0 Å². The fraction of sp³-hybridized carbons (Fsp3) is 0.312. The largest absolute Gasteiger partial charge is 0.353 e. The van der Waals surface area contributed by atoms with E-state index in [9.17, 15) is 4.79 Å². The summed E-state index contributed by atoms with van der Waals surface area (Å²) in [6.07, 6.45) is 5.70. The van der Waals surface area contributed by atoms with E-state index >= 15 is 0 Å². The van der Waals surface area contributed by atoms with E-state index in [0.29, 0.717) is 6.42 Å². The minimum absolute atomic E-state index is 0.170. The minimum Gasteiger partial charge on any atom is -0.353 e. The van der Waals surface area contributed by atoms with E-state index in [0.717, 1.165) is 37.6 Å². The number of rotatable bonds is 3. The van der Waals surface area contributed by atoms with E-state index in [2.05, 4.69) is 14.9 Å². The Labute approximate surface area is 124 Å². The molecule has 1 aliphatic rings. The first-order valence-electron chi connectivity index (χ1n) is 7.15. The fourth-order valence-electron chi connectivity index (χ4n) is 2.51. The molecule has 0 aromatic carbocycles. The third-order valence-electron chi connectivity index (χ3n) is 3.68. The van der Waals surface area contributed by atoms with Crippen LogP contribution < -0.4 is 4.90 Å². The van der Waals surface area contributed by atoms with Gasteiger partial charge in [-0.1, -0.05) is 12.1 Å². The molecule has 0 aliphatic carbocycles. The first kappa shape index (κ1) is 13.5. The van der Waals surface area contributed by atoms with Crippen molar-refractivity contribution in [2.75, 3.05) is 31.1 Å². The second-order valence-electron chi connectivity index (χ2n) is 5.09. The fourth-order valence-corrected chi connectivity index (χ4v) is 2.51. The number of nitrogens with zero attached hydrogens (tertiary/aromatic N) is 4. The van der Waals surface area contributed by atoms with E-state index in [1.54, 1.807) is 18.6 Å². The summed E-state index contributed by atoms with van der Waals surface area (Å²) in [4.78, 5) is 24.8. The number of aromatic nitrogens is 2. The molecule has 1 aliphatic heterocycles. The van der Waals surface area contributed by atoms with Crippen LogP contribution in [0.15, 0.2) is 48.9 Å². The van der Waals surface area contributed by atoms with E-state index in [1.807, 2.05) is 35.2 Å². The van der Waals surface area contributed by atoms with Crippen molar-refractivity contribution >= 4 is 11.7 Å². The first-order chi connectivity index (χ1) is 10.3. The maximum atomic E-state index is 12.3. The van der Waals surface area contributed by atoms with Gasteiger partial charge in [-0.3, -0.25) is 9.78 Å². The Kier molecular flexibility index (Phi) is 4.09. The van der Waals surface area contributed by atoms with Gasteiger partial charge in [-0.05, 0) is 23.8 Å². The third-order valence-corrected chi connectivity index (χ3v) is 3.68. The zero-order valence-electron chi connectivity index (χ0n) is 11.9. The Bertz CT molecular complexity index is 580. The van der Waals surface area contributed by atoms with Gasteiger partial charge in [0.05, 0.1) is 6.42 Å². The minimum atomic E-state index is 0.170. The highest BCUT2D eigenvalue weighted by atomic mass is 16.2. The molecule has 0 bridgehead atoms. The molecule has 5 heteroatoms. The highest BCUT2D eigenvalue weighted by Crippen LogP contribution is 2.13. The summed E-state index contributed by atoms with van der Waals surface area (Å²) < 4.78 is 0. The van der Waals surface area contributed by atoms with Gasteiger partial charge in [0.1, 0.15) is 5.82 Å². The van der Waals surface area contributed by atoms with Crippen molar-refractivity contribution in [1.82, 2.24) is 14.9 Å². The van der Waals surface area contributed by atoms with E-state index in [4.69, 9.17) is 0 Å². The summed E-state index contributed by atoms with van der Waals surface area (Å²) in [5, 5.41) is 0. The Morgan fingerprint density at radius 3 is 2.57 bits per heavy atom. The lowest BCUT2D eigenvalue weighted by molar-refractivity contribution is -0.130. The average Bonchev–Trinajstić information content (AvgIpc) is 2.57. The van der Waals surface area contributed by atoms with Crippen LogP contribution in [0.4, 0.5) is 5.82 Å². The van der Waals surface area contributed by atoms with E-state index < -0.39 is 0 Å². The molecule has 3 heterocycles. The van der Waals surface area contributed by atoms with Crippen LogP contribution in [0, 0.1) is 0 Å². The van der Waals surface area contributed by atoms with Crippen LogP contribution in [0.2, 0.25) is 0 Å². The number of hydrogen-bond acceptors (Lipinski definition) is 4. The molecule has 0 N–H and O–H groups in total. The molecule has 1 fully saturated rings. The van der Waals surface area contributed by atoms with Crippen molar-refractivity contribution in [2.45, 2.75) is 6.42 Å². The number of piperazine rings is 1. The van der Waals surface area contributed by atoms with Gasteiger partial charge in [0.15, 0.2) is 0 Å². The maximum absolute atomic E-state index is 12.3. The Hall–Kier alpha value is -2.43. The van der Waals surface area contributed by atoms with E-state index in [1.165, 1.54) is 0 Å². The molecule has 1 amide bonds. The van der Waals surface area contributed by atoms with Crippen LogP contribution in [-0.4, -0.2) is 47.0 Å². The van der Waals surface area contributed by atoms with Gasteiger partial charge < -0.3 is 9.80 Å². The van der Waals surface area contributed by atoms with Crippen LogP contribution in [0.5, 0.6) is 0 Å². The van der Waals surface area contributed by atoms with E-state index in [-0.39, 0.29) is 5.91 Å². The first-order valence-corrected chi connectivity index (χ1v) is 7.15. The topological polar surface area (TPSA) is 49.3 Å². The van der Waals surface area contributed by atoms with Crippen LogP contribution in [0.1, 0.15) is 5.56 Å². The molecule has 1 saturated heterocycles. The summed E-state index contributed by atoms with van der Waals surface area (Å²) >= 11 is 0. The third kappa shape index (κ3) is 3.37. The number of anilines is 1. The standard InChI is InChI=1S/C16H18N4O/c21-16(12-14-4-3-6-17-13-14)20-10-8-19(9-11-20)15-5-1-2-7-18-15/h1-7,13H,8-12H2. The van der Waals surface area contributed by atoms with Crippen LogP contribution in [0.25, 0.3) is 0 Å². The molecule has 5 nitrogen and oxygen atoms in total. The van der Waals surface area contributed by atoms with Crippen molar-refractivity contribution in [3.05, 3.63) is 54.5 Å². The lowest BCUT2D eigenvalue weighted by Crippen LogP contribution is -2.49. The Balaban J connectivity index is 1.55. The molecule has 0 saturated carbocycles. The SMILES string of the molecule is O=C(Cc1cccnc1)N1CCN(c2ccccn2)CC1. The molecule has 3 rings (SSSR count). The van der Waals surface area contributed by atoms with Crippen LogP contribution in [0.3, 0.4) is 0 Å². The van der Waals surface area contributed by atoms with Crippen LogP contribution >= 0.6 is 0 Å². The molecular formula is C16H18N4O. The van der Waals surface area contributed by atoms with Crippen LogP contribution in [-0.2, 0) is 11.2 Å². The summed E-state index contributed by atoms with van der Waals surface area (Å²) in [5.74, 6) is 1.15. The Morgan fingerprint density at radius 1 is 1.05 bits per heavy atom. The summed E-state index contributed by atoms with van der Waals surface area (Å²) in [6, 6.07) is 9.71. The predicted molar refractivity (Wildman–Crippen MR) is 81.0 cm³/mol. The van der Waals surface area contributed by atoms with Crippen molar-refractivity contribution in [2.24, 2.45) is 0 Å². The Morgan fingerprint density at radius 2 is 1.90 bits per heavy atom. The maximum Gasteiger partial charge on any atom is 0.227 e. The molecule has 0 unspecified atom stereocenters. The molecule has 108 valence electrons. The molecule has 0 atom stereocenters. The number of amides is 1. The van der Waals surface area contributed by atoms with Gasteiger partial charge in [-0.2, -0.15) is 0 Å².